The fourth-order valence-electron chi connectivity index (χ4n) is 2.01. The van der Waals surface area contributed by atoms with E-state index in [9.17, 15) is 4.79 Å². The number of nitrogens with zero attached hydrogens (tertiary/aromatic N) is 1. The van der Waals surface area contributed by atoms with Crippen molar-refractivity contribution in [1.29, 1.82) is 0 Å². The zero-order valence-corrected chi connectivity index (χ0v) is 13.1. The van der Waals surface area contributed by atoms with Crippen LogP contribution in [-0.4, -0.2) is 44.5 Å². The van der Waals surface area contributed by atoms with Gasteiger partial charge < -0.3 is 15.5 Å². The van der Waals surface area contributed by atoms with Gasteiger partial charge in [-0.1, -0.05) is 17.7 Å². The van der Waals surface area contributed by atoms with Gasteiger partial charge in [0.2, 0.25) is 5.91 Å². The minimum absolute atomic E-state index is 0.0667. The summed E-state index contributed by atoms with van der Waals surface area (Å²) >= 11 is 0. The van der Waals surface area contributed by atoms with Crippen molar-refractivity contribution < 1.29 is 4.79 Å². The maximum Gasteiger partial charge on any atom is 0.225 e. The molecule has 0 heterocycles. The molecular weight excluding hydrogens is 250 g/mol. The molecule has 1 rings (SSSR count). The minimum Gasteiger partial charge on any atom is -0.326 e. The third-order valence-corrected chi connectivity index (χ3v) is 3.14. The number of carbonyl (C=O) groups is 1. The molecule has 0 bridgehead atoms. The Balaban J connectivity index is 2.20. The molecule has 0 fully saturated rings. The predicted octanol–water partition coefficient (Wildman–Crippen LogP) is 2.17. The van der Waals surface area contributed by atoms with Crippen molar-refractivity contribution >= 4 is 11.6 Å². The summed E-state index contributed by atoms with van der Waals surface area (Å²) in [5, 5.41) is 6.25. The molecule has 0 aliphatic heterocycles. The van der Waals surface area contributed by atoms with Crippen molar-refractivity contribution in [2.45, 2.75) is 26.7 Å². The van der Waals surface area contributed by atoms with E-state index in [1.807, 2.05) is 19.1 Å². The number of amides is 1. The summed E-state index contributed by atoms with van der Waals surface area (Å²) < 4.78 is 0. The Morgan fingerprint density at radius 2 is 1.95 bits per heavy atom. The first-order chi connectivity index (χ1) is 9.49. The lowest BCUT2D eigenvalue weighted by molar-refractivity contribution is -0.116. The molecule has 20 heavy (non-hydrogen) atoms. The molecule has 0 aliphatic carbocycles. The molecule has 112 valence electrons. The van der Waals surface area contributed by atoms with Crippen molar-refractivity contribution in [3.8, 4) is 0 Å². The zero-order valence-electron chi connectivity index (χ0n) is 13.1. The van der Waals surface area contributed by atoms with Gasteiger partial charge in [0.25, 0.3) is 0 Å². The van der Waals surface area contributed by atoms with Crippen LogP contribution in [0, 0.1) is 13.8 Å². The normalized spacial score (nSPS) is 10.8. The number of hydrogen-bond donors (Lipinski definition) is 2. The number of nitrogens with one attached hydrogen (secondary N) is 2. The Kier molecular flexibility index (Phi) is 7.26. The molecule has 2 N–H and O–H groups in total. The largest absolute Gasteiger partial charge is 0.326 e. The van der Waals surface area contributed by atoms with E-state index in [1.165, 1.54) is 5.56 Å². The van der Waals surface area contributed by atoms with Gasteiger partial charge >= 0.3 is 0 Å². The van der Waals surface area contributed by atoms with Crippen molar-refractivity contribution in [1.82, 2.24) is 10.2 Å². The van der Waals surface area contributed by atoms with Gasteiger partial charge in [-0.15, -0.1) is 0 Å². The number of carbonyl (C=O) groups excluding carboxylic acids is 1. The summed E-state index contributed by atoms with van der Waals surface area (Å²) in [5.41, 5.74) is 3.23. The molecule has 0 aliphatic rings. The molecule has 1 aromatic carbocycles. The van der Waals surface area contributed by atoms with Crippen molar-refractivity contribution in [3.05, 3.63) is 29.3 Å². The van der Waals surface area contributed by atoms with Crippen LogP contribution in [0.15, 0.2) is 18.2 Å². The van der Waals surface area contributed by atoms with Crippen LogP contribution in [0.2, 0.25) is 0 Å². The summed E-state index contributed by atoms with van der Waals surface area (Å²) in [4.78, 5) is 14.0. The molecule has 0 saturated carbocycles. The lowest BCUT2D eigenvalue weighted by atomic mass is 10.1. The predicted molar refractivity (Wildman–Crippen MR) is 85.2 cm³/mol. The molecule has 1 aromatic rings. The van der Waals surface area contributed by atoms with Gasteiger partial charge in [0, 0.05) is 18.7 Å². The van der Waals surface area contributed by atoms with E-state index in [2.05, 4.69) is 42.6 Å². The first kappa shape index (κ1) is 16.7. The van der Waals surface area contributed by atoms with Gasteiger partial charge in [0.15, 0.2) is 0 Å². The fourth-order valence-corrected chi connectivity index (χ4v) is 2.01. The Morgan fingerprint density at radius 3 is 2.60 bits per heavy atom. The van der Waals surface area contributed by atoms with E-state index in [-0.39, 0.29) is 5.91 Å². The van der Waals surface area contributed by atoms with Crippen LogP contribution in [-0.2, 0) is 4.79 Å². The van der Waals surface area contributed by atoms with Crippen LogP contribution in [0.1, 0.15) is 24.0 Å². The average Bonchev–Trinajstić information content (AvgIpc) is 2.36. The van der Waals surface area contributed by atoms with Crippen LogP contribution in [0.3, 0.4) is 0 Å². The molecule has 0 atom stereocenters. The van der Waals surface area contributed by atoms with Crippen LogP contribution in [0.4, 0.5) is 5.69 Å². The topological polar surface area (TPSA) is 44.4 Å². The van der Waals surface area contributed by atoms with Gasteiger partial charge in [-0.3, -0.25) is 4.79 Å². The minimum atomic E-state index is 0.0667. The van der Waals surface area contributed by atoms with E-state index in [0.29, 0.717) is 6.42 Å². The van der Waals surface area contributed by atoms with Crippen LogP contribution in [0.25, 0.3) is 0 Å². The highest BCUT2D eigenvalue weighted by Crippen LogP contribution is 2.15. The summed E-state index contributed by atoms with van der Waals surface area (Å²) in [5.74, 6) is 0.0667. The highest BCUT2D eigenvalue weighted by Gasteiger charge is 2.04. The summed E-state index contributed by atoms with van der Waals surface area (Å²) in [6.07, 6.45) is 1.61. The monoisotopic (exact) mass is 277 g/mol. The third kappa shape index (κ3) is 6.68. The second-order valence-corrected chi connectivity index (χ2v) is 5.52. The summed E-state index contributed by atoms with van der Waals surface area (Å²) in [7, 11) is 4.13. The van der Waals surface area contributed by atoms with Gasteiger partial charge in [-0.05, 0) is 59.1 Å². The van der Waals surface area contributed by atoms with Crippen molar-refractivity contribution in [2.75, 3.05) is 39.0 Å². The highest BCUT2D eigenvalue weighted by atomic mass is 16.1. The van der Waals surface area contributed by atoms with E-state index in [1.54, 1.807) is 0 Å². The molecular formula is C16H27N3O. The molecule has 0 aromatic heterocycles. The maximum atomic E-state index is 11.8. The lowest BCUT2D eigenvalue weighted by Crippen LogP contribution is -2.25. The number of benzene rings is 1. The molecule has 0 spiro atoms. The fraction of sp³-hybridized carbons (Fsp3) is 0.562. The summed E-state index contributed by atoms with van der Waals surface area (Å²) in [6.45, 7) is 6.82. The molecule has 4 heteroatoms. The van der Waals surface area contributed by atoms with Gasteiger partial charge in [0.05, 0.1) is 0 Å². The van der Waals surface area contributed by atoms with E-state index in [4.69, 9.17) is 0 Å². The SMILES string of the molecule is Cc1ccc(NC(=O)CCNCCCN(C)C)c(C)c1. The van der Waals surface area contributed by atoms with Crippen molar-refractivity contribution in [2.24, 2.45) is 0 Å². The van der Waals surface area contributed by atoms with Crippen LogP contribution < -0.4 is 10.6 Å². The number of anilines is 1. The molecule has 1 amide bonds. The first-order valence-corrected chi connectivity index (χ1v) is 7.21. The Morgan fingerprint density at radius 1 is 1.20 bits per heavy atom. The second kappa shape index (κ2) is 8.72. The Labute approximate surface area is 122 Å². The van der Waals surface area contributed by atoms with Crippen LogP contribution >= 0.6 is 0 Å². The zero-order chi connectivity index (χ0) is 15.0. The quantitative estimate of drug-likeness (QED) is 0.716. The Hall–Kier alpha value is -1.39. The molecule has 0 radical (unpaired) electrons. The number of rotatable bonds is 8. The van der Waals surface area contributed by atoms with E-state index < -0.39 is 0 Å². The lowest BCUT2D eigenvalue weighted by Gasteiger charge is -2.11. The van der Waals surface area contributed by atoms with E-state index in [0.717, 1.165) is 37.3 Å². The highest BCUT2D eigenvalue weighted by molar-refractivity contribution is 5.91. The maximum absolute atomic E-state index is 11.8. The molecule has 0 saturated heterocycles. The molecule has 0 unspecified atom stereocenters. The summed E-state index contributed by atoms with van der Waals surface area (Å²) in [6, 6.07) is 6.06. The van der Waals surface area contributed by atoms with Gasteiger partial charge in [-0.25, -0.2) is 0 Å². The van der Waals surface area contributed by atoms with E-state index >= 15 is 0 Å². The first-order valence-electron chi connectivity index (χ1n) is 7.21. The smallest absolute Gasteiger partial charge is 0.225 e. The molecule has 4 nitrogen and oxygen atoms in total. The van der Waals surface area contributed by atoms with Gasteiger partial charge in [-0.2, -0.15) is 0 Å². The average molecular weight is 277 g/mol. The number of aryl methyl sites for hydroxylation is 2. The second-order valence-electron chi connectivity index (χ2n) is 5.52. The Bertz CT molecular complexity index is 430. The van der Waals surface area contributed by atoms with Crippen LogP contribution in [0.5, 0.6) is 0 Å². The number of hydrogen-bond acceptors (Lipinski definition) is 3. The van der Waals surface area contributed by atoms with Crippen molar-refractivity contribution in [3.63, 3.8) is 0 Å². The standard InChI is InChI=1S/C16H27N3O/c1-13-6-7-15(14(2)12-13)18-16(20)8-10-17-9-5-11-19(3)4/h6-7,12,17H,5,8-11H2,1-4H3,(H,18,20). The third-order valence-electron chi connectivity index (χ3n) is 3.14. The van der Waals surface area contributed by atoms with Gasteiger partial charge in [0.1, 0.15) is 0 Å².